The molecule has 0 bridgehead atoms. The molecule has 4 rings (SSSR count). The Bertz CT molecular complexity index is 1270. The Balaban J connectivity index is 1.70. The second kappa shape index (κ2) is 9.64. The zero-order chi connectivity index (χ0) is 25.0. The summed E-state index contributed by atoms with van der Waals surface area (Å²) in [7, 11) is 0. The zero-order valence-corrected chi connectivity index (χ0v) is 19.3. The van der Waals surface area contributed by atoms with Crippen LogP contribution in [-0.4, -0.2) is 9.85 Å². The van der Waals surface area contributed by atoms with Gasteiger partial charge in [-0.05, 0) is 47.5 Å². The zero-order valence-electron chi connectivity index (χ0n) is 19.3. The fourth-order valence-electron chi connectivity index (χ4n) is 3.87. The molecule has 35 heavy (non-hydrogen) atoms. The third-order valence-electron chi connectivity index (χ3n) is 5.94. The SMILES string of the molecule is CC(C)(c1ccc(Nc2ccccc2)c([N+](=O)[O-])c1)c1ccc(Nc2ccccc2)c([N+](=O)[O-])c1. The maximum Gasteiger partial charge on any atom is 0.292 e. The second-order valence-corrected chi connectivity index (χ2v) is 8.59. The van der Waals surface area contributed by atoms with Crippen LogP contribution in [-0.2, 0) is 5.41 Å². The van der Waals surface area contributed by atoms with Crippen molar-refractivity contribution in [3.8, 4) is 0 Å². The van der Waals surface area contributed by atoms with Gasteiger partial charge in [0, 0.05) is 28.9 Å². The van der Waals surface area contributed by atoms with Gasteiger partial charge < -0.3 is 10.6 Å². The monoisotopic (exact) mass is 468 g/mol. The molecule has 0 fully saturated rings. The predicted octanol–water partition coefficient (Wildman–Crippen LogP) is 7.32. The first-order valence-electron chi connectivity index (χ1n) is 11.0. The first-order valence-corrected chi connectivity index (χ1v) is 11.0. The molecule has 0 aliphatic heterocycles. The van der Waals surface area contributed by atoms with Crippen LogP contribution in [0.3, 0.4) is 0 Å². The minimum Gasteiger partial charge on any atom is -0.350 e. The number of nitro benzene ring substituents is 2. The molecule has 0 spiro atoms. The van der Waals surface area contributed by atoms with E-state index in [9.17, 15) is 20.2 Å². The fraction of sp³-hybridized carbons (Fsp3) is 0.111. The molecule has 0 amide bonds. The number of nitrogens with zero attached hydrogens (tertiary/aromatic N) is 2. The van der Waals surface area contributed by atoms with Crippen molar-refractivity contribution < 1.29 is 9.85 Å². The predicted molar refractivity (Wildman–Crippen MR) is 138 cm³/mol. The number of anilines is 4. The van der Waals surface area contributed by atoms with E-state index >= 15 is 0 Å². The highest BCUT2D eigenvalue weighted by atomic mass is 16.6. The lowest BCUT2D eigenvalue weighted by molar-refractivity contribution is -0.384. The van der Waals surface area contributed by atoms with Gasteiger partial charge in [0.25, 0.3) is 11.4 Å². The number of rotatable bonds is 8. The van der Waals surface area contributed by atoms with Crippen LogP contribution in [0.25, 0.3) is 0 Å². The number of nitro groups is 2. The van der Waals surface area contributed by atoms with E-state index in [4.69, 9.17) is 0 Å². The molecule has 0 heterocycles. The van der Waals surface area contributed by atoms with E-state index in [0.717, 1.165) is 11.4 Å². The van der Waals surface area contributed by atoms with Crippen molar-refractivity contribution in [3.05, 3.63) is 128 Å². The number of benzene rings is 4. The molecule has 2 N–H and O–H groups in total. The summed E-state index contributed by atoms with van der Waals surface area (Å²) in [5.41, 5.74) is 2.67. The molecule has 0 aliphatic carbocycles. The topological polar surface area (TPSA) is 110 Å². The summed E-state index contributed by atoms with van der Waals surface area (Å²) < 4.78 is 0. The minimum atomic E-state index is -0.730. The molecule has 0 saturated heterocycles. The average Bonchev–Trinajstić information content (AvgIpc) is 2.85. The maximum absolute atomic E-state index is 11.9. The third kappa shape index (κ3) is 5.11. The lowest BCUT2D eigenvalue weighted by Gasteiger charge is -2.26. The van der Waals surface area contributed by atoms with Gasteiger partial charge >= 0.3 is 0 Å². The summed E-state index contributed by atoms with van der Waals surface area (Å²) in [6.07, 6.45) is 0. The normalized spacial score (nSPS) is 11.0. The van der Waals surface area contributed by atoms with Crippen molar-refractivity contribution in [2.75, 3.05) is 10.6 Å². The molecule has 4 aromatic carbocycles. The largest absolute Gasteiger partial charge is 0.350 e. The first kappa shape index (κ1) is 23.4. The molecular formula is C27H24N4O4. The van der Waals surface area contributed by atoms with Crippen LogP contribution in [0.5, 0.6) is 0 Å². The van der Waals surface area contributed by atoms with Gasteiger partial charge in [-0.3, -0.25) is 20.2 Å². The highest BCUT2D eigenvalue weighted by Crippen LogP contribution is 2.39. The molecule has 0 radical (unpaired) electrons. The van der Waals surface area contributed by atoms with Crippen LogP contribution in [0.4, 0.5) is 34.1 Å². The van der Waals surface area contributed by atoms with Gasteiger partial charge in [-0.25, -0.2) is 0 Å². The maximum atomic E-state index is 11.9. The van der Waals surface area contributed by atoms with Crippen LogP contribution in [0.1, 0.15) is 25.0 Å². The highest BCUT2D eigenvalue weighted by molar-refractivity contribution is 5.72. The van der Waals surface area contributed by atoms with Crippen LogP contribution in [0, 0.1) is 20.2 Å². The van der Waals surface area contributed by atoms with E-state index < -0.39 is 15.3 Å². The van der Waals surface area contributed by atoms with Gasteiger partial charge in [0.05, 0.1) is 9.85 Å². The summed E-state index contributed by atoms with van der Waals surface area (Å²) >= 11 is 0. The molecule has 8 nitrogen and oxygen atoms in total. The van der Waals surface area contributed by atoms with Crippen molar-refractivity contribution in [2.24, 2.45) is 0 Å². The number of hydrogen-bond acceptors (Lipinski definition) is 6. The number of hydrogen-bond donors (Lipinski definition) is 2. The van der Waals surface area contributed by atoms with Crippen molar-refractivity contribution in [2.45, 2.75) is 19.3 Å². The van der Waals surface area contributed by atoms with Crippen LogP contribution in [0.15, 0.2) is 97.1 Å². The Kier molecular flexibility index (Phi) is 6.46. The smallest absolute Gasteiger partial charge is 0.292 e. The van der Waals surface area contributed by atoms with E-state index in [1.807, 2.05) is 74.5 Å². The number of nitrogens with one attached hydrogen (secondary N) is 2. The molecule has 0 unspecified atom stereocenters. The Labute approximate surface area is 202 Å². The van der Waals surface area contributed by atoms with Gasteiger partial charge in [0.1, 0.15) is 11.4 Å². The van der Waals surface area contributed by atoms with E-state index in [0.29, 0.717) is 22.5 Å². The third-order valence-corrected chi connectivity index (χ3v) is 5.94. The molecule has 0 aromatic heterocycles. The van der Waals surface area contributed by atoms with Gasteiger partial charge in [-0.15, -0.1) is 0 Å². The summed E-state index contributed by atoms with van der Waals surface area (Å²) in [4.78, 5) is 22.9. The molecule has 176 valence electrons. The number of para-hydroxylation sites is 2. The van der Waals surface area contributed by atoms with Crippen LogP contribution < -0.4 is 10.6 Å². The fourth-order valence-corrected chi connectivity index (χ4v) is 3.87. The van der Waals surface area contributed by atoms with Crippen molar-refractivity contribution in [1.29, 1.82) is 0 Å². The van der Waals surface area contributed by atoms with Crippen molar-refractivity contribution in [3.63, 3.8) is 0 Å². The molecule has 0 saturated carbocycles. The Morgan fingerprint density at radius 3 is 1.31 bits per heavy atom. The van der Waals surface area contributed by atoms with E-state index in [2.05, 4.69) is 10.6 Å². The molecule has 4 aromatic rings. The summed E-state index contributed by atoms with van der Waals surface area (Å²) in [5.74, 6) is 0. The second-order valence-electron chi connectivity index (χ2n) is 8.59. The lowest BCUT2D eigenvalue weighted by atomic mass is 9.77. The summed E-state index contributed by atoms with van der Waals surface area (Å²) in [6, 6.07) is 28.4. The first-order chi connectivity index (χ1) is 16.8. The highest BCUT2D eigenvalue weighted by Gasteiger charge is 2.29. The molecular weight excluding hydrogens is 444 g/mol. The lowest BCUT2D eigenvalue weighted by Crippen LogP contribution is -2.19. The Morgan fingerprint density at radius 2 is 0.971 bits per heavy atom. The van der Waals surface area contributed by atoms with Crippen LogP contribution >= 0.6 is 0 Å². The van der Waals surface area contributed by atoms with E-state index in [1.54, 1.807) is 24.3 Å². The van der Waals surface area contributed by atoms with Gasteiger partial charge in [0.2, 0.25) is 0 Å². The molecule has 0 atom stereocenters. The molecule has 8 heteroatoms. The van der Waals surface area contributed by atoms with Gasteiger partial charge in [-0.2, -0.15) is 0 Å². The van der Waals surface area contributed by atoms with E-state index in [-0.39, 0.29) is 11.4 Å². The van der Waals surface area contributed by atoms with Gasteiger partial charge in [0.15, 0.2) is 0 Å². The van der Waals surface area contributed by atoms with Gasteiger partial charge in [-0.1, -0.05) is 62.4 Å². The summed E-state index contributed by atoms with van der Waals surface area (Å²) in [5, 5.41) is 29.9. The van der Waals surface area contributed by atoms with Crippen molar-refractivity contribution in [1.82, 2.24) is 0 Å². The Hall–Kier alpha value is -4.72. The minimum absolute atomic E-state index is 0.0729. The standard InChI is InChI=1S/C27H24N4O4/c1-27(2,19-13-15-23(25(17-19)30(32)33)28-21-9-5-3-6-10-21)20-14-16-24(26(18-20)31(34)35)29-22-11-7-4-8-12-22/h3-18,28-29H,1-2H3. The quantitative estimate of drug-likeness (QED) is 0.207. The van der Waals surface area contributed by atoms with Crippen LogP contribution in [0.2, 0.25) is 0 Å². The average molecular weight is 469 g/mol. The van der Waals surface area contributed by atoms with Crippen molar-refractivity contribution >= 4 is 34.1 Å². The molecule has 0 aliphatic rings. The Morgan fingerprint density at radius 1 is 0.600 bits per heavy atom. The summed E-state index contributed by atoms with van der Waals surface area (Å²) in [6.45, 7) is 3.78. The van der Waals surface area contributed by atoms with E-state index in [1.165, 1.54) is 12.1 Å².